The molecule has 0 aliphatic heterocycles. The zero-order valence-electron chi connectivity index (χ0n) is 6.33. The molecule has 1 aromatic heterocycles. The third kappa shape index (κ3) is 1.73. The Morgan fingerprint density at radius 3 is 2.18 bits per heavy atom. The van der Waals surface area contributed by atoms with E-state index in [4.69, 9.17) is 5.11 Å². The van der Waals surface area contributed by atoms with Gasteiger partial charge < -0.3 is 5.11 Å². The number of aryl methyl sites for hydroxylation is 2. The molecule has 4 nitrogen and oxygen atoms in total. The van der Waals surface area contributed by atoms with Crippen molar-refractivity contribution in [3.05, 3.63) is 23.3 Å². The fourth-order valence-corrected chi connectivity index (χ4v) is 0.822. The molecular formula is C7H8N2O2. The highest BCUT2D eigenvalue weighted by atomic mass is 16.4. The first-order valence-corrected chi connectivity index (χ1v) is 3.15. The summed E-state index contributed by atoms with van der Waals surface area (Å²) in [5.74, 6) is -1.22. The van der Waals surface area contributed by atoms with Crippen LogP contribution >= 0.6 is 0 Å². The van der Waals surface area contributed by atoms with Crippen molar-refractivity contribution in [1.82, 2.24) is 9.97 Å². The van der Waals surface area contributed by atoms with Crippen LogP contribution in [0.1, 0.15) is 22.0 Å². The second kappa shape index (κ2) is 2.65. The number of aromatic carboxylic acids is 1. The van der Waals surface area contributed by atoms with Gasteiger partial charge in [-0.2, -0.15) is 0 Å². The number of hydrogen-bond donors (Lipinski definition) is 1. The molecule has 1 N–H and O–H groups in total. The van der Waals surface area contributed by atoms with Crippen molar-refractivity contribution < 1.29 is 9.90 Å². The summed E-state index contributed by atoms with van der Waals surface area (Å²) in [5.41, 5.74) is 1.35. The molecular weight excluding hydrogens is 144 g/mol. The van der Waals surface area contributed by atoms with Crippen LogP contribution in [0.5, 0.6) is 0 Å². The van der Waals surface area contributed by atoms with Crippen molar-refractivity contribution in [3.63, 3.8) is 0 Å². The third-order valence-corrected chi connectivity index (χ3v) is 1.17. The zero-order chi connectivity index (χ0) is 8.43. The van der Waals surface area contributed by atoms with Crippen molar-refractivity contribution in [1.29, 1.82) is 0 Å². The first-order valence-electron chi connectivity index (χ1n) is 3.15. The van der Waals surface area contributed by atoms with Gasteiger partial charge in [-0.1, -0.05) is 0 Å². The number of nitrogens with zero attached hydrogens (tertiary/aromatic N) is 2. The lowest BCUT2D eigenvalue weighted by Gasteiger charge is -1.96. The second-order valence-electron chi connectivity index (χ2n) is 2.28. The molecule has 0 saturated heterocycles. The molecule has 1 aromatic rings. The molecule has 1 heterocycles. The van der Waals surface area contributed by atoms with E-state index >= 15 is 0 Å². The molecule has 0 atom stereocenters. The second-order valence-corrected chi connectivity index (χ2v) is 2.28. The van der Waals surface area contributed by atoms with E-state index in [1.165, 1.54) is 0 Å². The molecule has 0 spiro atoms. The molecule has 0 aliphatic carbocycles. The van der Waals surface area contributed by atoms with Gasteiger partial charge in [-0.05, 0) is 19.9 Å². The van der Waals surface area contributed by atoms with E-state index in [9.17, 15) is 4.79 Å². The van der Waals surface area contributed by atoms with Crippen LogP contribution in [0.4, 0.5) is 0 Å². The van der Waals surface area contributed by atoms with Crippen molar-refractivity contribution in [2.75, 3.05) is 0 Å². The molecule has 4 heteroatoms. The molecule has 0 amide bonds. The van der Waals surface area contributed by atoms with Crippen molar-refractivity contribution in [3.8, 4) is 0 Å². The SMILES string of the molecule is Cc1cc(C)nc(C(=O)O)n1. The Morgan fingerprint density at radius 2 is 1.82 bits per heavy atom. The van der Waals surface area contributed by atoms with Gasteiger partial charge in [0, 0.05) is 11.4 Å². The summed E-state index contributed by atoms with van der Waals surface area (Å²) in [6.07, 6.45) is 0. The Morgan fingerprint density at radius 1 is 1.36 bits per heavy atom. The highest BCUT2D eigenvalue weighted by Gasteiger charge is 2.06. The molecule has 58 valence electrons. The number of carboxylic acid groups (broad SMARTS) is 1. The standard InChI is InChI=1S/C7H8N2O2/c1-4-3-5(2)9-6(8-4)7(10)11/h3H,1-2H3,(H,10,11). The molecule has 11 heavy (non-hydrogen) atoms. The minimum atomic E-state index is -1.09. The molecule has 0 radical (unpaired) electrons. The summed E-state index contributed by atoms with van der Waals surface area (Å²) in [5, 5.41) is 8.51. The summed E-state index contributed by atoms with van der Waals surface area (Å²) in [7, 11) is 0. The van der Waals surface area contributed by atoms with Crippen LogP contribution in [0.2, 0.25) is 0 Å². The van der Waals surface area contributed by atoms with E-state index in [1.807, 2.05) is 0 Å². The Kier molecular flexibility index (Phi) is 1.85. The Bertz CT molecular complexity index is 276. The van der Waals surface area contributed by atoms with Crippen LogP contribution in [-0.4, -0.2) is 21.0 Å². The molecule has 0 aliphatic rings. The summed E-state index contributed by atoms with van der Waals surface area (Å²) in [6, 6.07) is 1.73. The molecule has 0 bridgehead atoms. The predicted octanol–water partition coefficient (Wildman–Crippen LogP) is 0.792. The summed E-state index contributed by atoms with van der Waals surface area (Å²) in [4.78, 5) is 17.8. The van der Waals surface area contributed by atoms with Gasteiger partial charge in [-0.3, -0.25) is 0 Å². The van der Waals surface area contributed by atoms with Crippen LogP contribution in [-0.2, 0) is 0 Å². The molecule has 0 fully saturated rings. The van der Waals surface area contributed by atoms with Crippen molar-refractivity contribution in [2.24, 2.45) is 0 Å². The fourth-order valence-electron chi connectivity index (χ4n) is 0.822. The van der Waals surface area contributed by atoms with E-state index < -0.39 is 5.97 Å². The maximum Gasteiger partial charge on any atom is 0.373 e. The van der Waals surface area contributed by atoms with Crippen LogP contribution < -0.4 is 0 Å². The summed E-state index contributed by atoms with van der Waals surface area (Å²) < 4.78 is 0. The topological polar surface area (TPSA) is 63.1 Å². The number of aromatic nitrogens is 2. The fraction of sp³-hybridized carbons (Fsp3) is 0.286. The smallest absolute Gasteiger partial charge is 0.373 e. The average Bonchev–Trinajstić information content (AvgIpc) is 1.85. The van der Waals surface area contributed by atoms with Gasteiger partial charge in [-0.15, -0.1) is 0 Å². The van der Waals surface area contributed by atoms with Gasteiger partial charge >= 0.3 is 5.97 Å². The van der Waals surface area contributed by atoms with Crippen LogP contribution in [0.15, 0.2) is 6.07 Å². The highest BCUT2D eigenvalue weighted by molar-refractivity contribution is 5.83. The van der Waals surface area contributed by atoms with Crippen LogP contribution in [0.25, 0.3) is 0 Å². The molecule has 0 saturated carbocycles. The van der Waals surface area contributed by atoms with E-state index in [-0.39, 0.29) is 5.82 Å². The first-order chi connectivity index (χ1) is 5.09. The van der Waals surface area contributed by atoms with Gasteiger partial charge in [0.1, 0.15) is 0 Å². The lowest BCUT2D eigenvalue weighted by molar-refractivity contribution is 0.0683. The minimum Gasteiger partial charge on any atom is -0.475 e. The largest absolute Gasteiger partial charge is 0.475 e. The first kappa shape index (κ1) is 7.65. The number of carbonyl (C=O) groups is 1. The normalized spacial score (nSPS) is 9.64. The minimum absolute atomic E-state index is 0.137. The number of rotatable bonds is 1. The number of carboxylic acids is 1. The maximum atomic E-state index is 10.4. The lowest BCUT2D eigenvalue weighted by Crippen LogP contribution is -2.05. The van der Waals surface area contributed by atoms with E-state index in [1.54, 1.807) is 19.9 Å². The van der Waals surface area contributed by atoms with Crippen LogP contribution in [0, 0.1) is 13.8 Å². The molecule has 1 rings (SSSR count). The molecule has 0 aromatic carbocycles. The van der Waals surface area contributed by atoms with Gasteiger partial charge in [-0.25, -0.2) is 14.8 Å². The lowest BCUT2D eigenvalue weighted by atomic mass is 10.3. The maximum absolute atomic E-state index is 10.4. The average molecular weight is 152 g/mol. The van der Waals surface area contributed by atoms with Crippen molar-refractivity contribution >= 4 is 5.97 Å². The van der Waals surface area contributed by atoms with Gasteiger partial charge in [0.05, 0.1) is 0 Å². The summed E-state index contributed by atoms with van der Waals surface area (Å²) in [6.45, 7) is 3.47. The Balaban J connectivity index is 3.19. The predicted molar refractivity (Wildman–Crippen MR) is 38.5 cm³/mol. The highest BCUT2D eigenvalue weighted by Crippen LogP contribution is 1.98. The van der Waals surface area contributed by atoms with E-state index in [0.29, 0.717) is 11.4 Å². The Hall–Kier alpha value is -1.45. The zero-order valence-corrected chi connectivity index (χ0v) is 6.33. The molecule has 0 unspecified atom stereocenters. The Labute approximate surface area is 63.9 Å². The van der Waals surface area contributed by atoms with E-state index in [2.05, 4.69) is 9.97 Å². The van der Waals surface area contributed by atoms with Gasteiger partial charge in [0.15, 0.2) is 0 Å². The monoisotopic (exact) mass is 152 g/mol. The number of hydrogen-bond acceptors (Lipinski definition) is 3. The van der Waals surface area contributed by atoms with Crippen LogP contribution in [0.3, 0.4) is 0 Å². The quantitative estimate of drug-likeness (QED) is 0.646. The van der Waals surface area contributed by atoms with Gasteiger partial charge in [0.2, 0.25) is 5.82 Å². The van der Waals surface area contributed by atoms with Crippen molar-refractivity contribution in [2.45, 2.75) is 13.8 Å². The van der Waals surface area contributed by atoms with Gasteiger partial charge in [0.25, 0.3) is 0 Å². The third-order valence-electron chi connectivity index (χ3n) is 1.17. The van der Waals surface area contributed by atoms with E-state index in [0.717, 1.165) is 0 Å². The summed E-state index contributed by atoms with van der Waals surface area (Å²) >= 11 is 0.